The number of aryl methyl sites for hydroxylation is 1. The molecule has 0 unspecified atom stereocenters. The summed E-state index contributed by atoms with van der Waals surface area (Å²) in [6.45, 7) is 12.9. The van der Waals surface area contributed by atoms with E-state index in [0.29, 0.717) is 0 Å². The van der Waals surface area contributed by atoms with Gasteiger partial charge in [0.1, 0.15) is 4.88 Å². The smallest absolute Gasteiger partial charge is 0.266 e. The lowest BCUT2D eigenvalue weighted by atomic mass is 9.98. The van der Waals surface area contributed by atoms with Crippen LogP contribution in [0.5, 0.6) is 0 Å². The van der Waals surface area contributed by atoms with Gasteiger partial charge in [-0.2, -0.15) is 0 Å². The Morgan fingerprint density at radius 1 is 1.45 bits per heavy atom. The van der Waals surface area contributed by atoms with E-state index in [9.17, 15) is 4.79 Å². The van der Waals surface area contributed by atoms with Crippen LogP contribution in [0.3, 0.4) is 0 Å². The third kappa shape index (κ3) is 3.51. The van der Waals surface area contributed by atoms with Crippen LogP contribution in [0.15, 0.2) is 0 Å². The highest BCUT2D eigenvalue weighted by molar-refractivity contribution is 7.14. The van der Waals surface area contributed by atoms with Crippen LogP contribution in [0, 0.1) is 6.92 Å². The second-order valence-corrected chi connectivity index (χ2v) is 7.23. The molecule has 1 aromatic rings. The second-order valence-electron chi connectivity index (χ2n) is 6.24. The van der Waals surface area contributed by atoms with Crippen molar-refractivity contribution in [2.75, 3.05) is 19.6 Å². The maximum absolute atomic E-state index is 12.6. The van der Waals surface area contributed by atoms with E-state index in [0.717, 1.165) is 35.2 Å². The van der Waals surface area contributed by atoms with Gasteiger partial charge < -0.3 is 10.2 Å². The van der Waals surface area contributed by atoms with Crippen LogP contribution in [0.4, 0.5) is 0 Å². The van der Waals surface area contributed by atoms with Crippen LogP contribution < -0.4 is 5.32 Å². The van der Waals surface area contributed by atoms with E-state index in [-0.39, 0.29) is 29.8 Å². The normalized spacial score (nSPS) is 19.6. The molecule has 1 amide bonds. The number of halogens is 1. The predicted octanol–water partition coefficient (Wildman–Crippen LogP) is 2.60. The Morgan fingerprint density at radius 2 is 2.10 bits per heavy atom. The Balaban J connectivity index is 0.00000200. The molecule has 114 valence electrons. The maximum atomic E-state index is 12.6. The minimum atomic E-state index is 0. The SMILES string of the molecule is Cc1nc(C(C)(C)C)sc1C(=O)N1CCNC[C@@H]1C.Cl. The summed E-state index contributed by atoms with van der Waals surface area (Å²) in [5, 5.41) is 4.35. The quantitative estimate of drug-likeness (QED) is 0.866. The van der Waals surface area contributed by atoms with Gasteiger partial charge in [0, 0.05) is 31.1 Å². The van der Waals surface area contributed by atoms with Gasteiger partial charge in [0.15, 0.2) is 0 Å². The number of aromatic nitrogens is 1. The Kier molecular flexibility index (Phi) is 5.58. The van der Waals surface area contributed by atoms with Crippen molar-refractivity contribution in [1.82, 2.24) is 15.2 Å². The minimum absolute atomic E-state index is 0. The molecule has 0 aromatic carbocycles. The molecule has 1 saturated heterocycles. The summed E-state index contributed by atoms with van der Waals surface area (Å²) in [5.41, 5.74) is 0.869. The Bertz CT molecular complexity index is 481. The molecule has 1 N–H and O–H groups in total. The molecule has 0 bridgehead atoms. The number of piperazine rings is 1. The van der Waals surface area contributed by atoms with E-state index >= 15 is 0 Å². The molecule has 20 heavy (non-hydrogen) atoms. The first-order valence-corrected chi connectivity index (χ1v) is 7.62. The second kappa shape index (κ2) is 6.41. The molecule has 1 aliphatic rings. The van der Waals surface area contributed by atoms with Gasteiger partial charge in [0.25, 0.3) is 5.91 Å². The summed E-state index contributed by atoms with van der Waals surface area (Å²) < 4.78 is 0. The molecule has 1 aliphatic heterocycles. The number of hydrogen-bond donors (Lipinski definition) is 1. The Hall–Kier alpha value is -0.650. The molecule has 0 aliphatic carbocycles. The fourth-order valence-corrected chi connectivity index (χ4v) is 3.27. The zero-order valence-corrected chi connectivity index (χ0v) is 14.5. The molecular weight excluding hydrogens is 294 g/mol. The van der Waals surface area contributed by atoms with Crippen LogP contribution >= 0.6 is 23.7 Å². The van der Waals surface area contributed by atoms with Crippen molar-refractivity contribution in [3.63, 3.8) is 0 Å². The highest BCUT2D eigenvalue weighted by Crippen LogP contribution is 2.30. The van der Waals surface area contributed by atoms with Gasteiger partial charge >= 0.3 is 0 Å². The lowest BCUT2D eigenvalue weighted by molar-refractivity contribution is 0.0660. The summed E-state index contributed by atoms with van der Waals surface area (Å²) in [6, 6.07) is 0.251. The zero-order chi connectivity index (χ0) is 14.2. The fourth-order valence-electron chi connectivity index (χ4n) is 2.19. The van der Waals surface area contributed by atoms with E-state index < -0.39 is 0 Å². The molecule has 0 saturated carbocycles. The topological polar surface area (TPSA) is 45.2 Å². The summed E-state index contributed by atoms with van der Waals surface area (Å²) in [6.07, 6.45) is 0. The van der Waals surface area contributed by atoms with E-state index in [2.05, 4.69) is 38.0 Å². The van der Waals surface area contributed by atoms with E-state index in [4.69, 9.17) is 0 Å². The van der Waals surface area contributed by atoms with Crippen molar-refractivity contribution >= 4 is 29.7 Å². The third-order valence-electron chi connectivity index (χ3n) is 3.39. The molecule has 1 aromatic heterocycles. The third-order valence-corrected chi connectivity index (χ3v) is 4.97. The maximum Gasteiger partial charge on any atom is 0.266 e. The van der Waals surface area contributed by atoms with Gasteiger partial charge in [-0.1, -0.05) is 20.8 Å². The Labute approximate surface area is 131 Å². The van der Waals surface area contributed by atoms with E-state index in [1.165, 1.54) is 0 Å². The monoisotopic (exact) mass is 317 g/mol. The van der Waals surface area contributed by atoms with Gasteiger partial charge in [0.05, 0.1) is 10.7 Å². The number of hydrogen-bond acceptors (Lipinski definition) is 4. The highest BCUT2D eigenvalue weighted by atomic mass is 35.5. The molecule has 2 heterocycles. The largest absolute Gasteiger partial charge is 0.333 e. The molecule has 1 atom stereocenters. The Morgan fingerprint density at radius 3 is 2.60 bits per heavy atom. The number of amides is 1. The van der Waals surface area contributed by atoms with Crippen molar-refractivity contribution in [2.45, 2.75) is 46.1 Å². The molecule has 6 heteroatoms. The molecule has 1 fully saturated rings. The number of carbonyl (C=O) groups is 1. The molecule has 0 spiro atoms. The first-order valence-electron chi connectivity index (χ1n) is 6.80. The fraction of sp³-hybridized carbons (Fsp3) is 0.714. The first kappa shape index (κ1) is 17.4. The predicted molar refractivity (Wildman–Crippen MR) is 86.2 cm³/mol. The van der Waals surface area contributed by atoms with Crippen molar-refractivity contribution in [1.29, 1.82) is 0 Å². The number of carbonyl (C=O) groups excluding carboxylic acids is 1. The van der Waals surface area contributed by atoms with Crippen molar-refractivity contribution in [3.05, 3.63) is 15.6 Å². The van der Waals surface area contributed by atoms with Crippen LogP contribution in [0.1, 0.15) is 48.1 Å². The van der Waals surface area contributed by atoms with Gasteiger partial charge in [-0.3, -0.25) is 4.79 Å². The lowest BCUT2D eigenvalue weighted by Gasteiger charge is -2.33. The minimum Gasteiger partial charge on any atom is -0.333 e. The molecular formula is C14H24ClN3OS. The van der Waals surface area contributed by atoms with Crippen LogP contribution in [-0.2, 0) is 5.41 Å². The van der Waals surface area contributed by atoms with Crippen LogP contribution in [0.25, 0.3) is 0 Å². The summed E-state index contributed by atoms with van der Waals surface area (Å²) >= 11 is 1.55. The van der Waals surface area contributed by atoms with E-state index in [1.54, 1.807) is 11.3 Å². The van der Waals surface area contributed by atoms with Crippen molar-refractivity contribution in [2.24, 2.45) is 0 Å². The summed E-state index contributed by atoms with van der Waals surface area (Å²) in [4.78, 5) is 20.0. The summed E-state index contributed by atoms with van der Waals surface area (Å²) in [7, 11) is 0. The van der Waals surface area contributed by atoms with Crippen molar-refractivity contribution in [3.8, 4) is 0 Å². The van der Waals surface area contributed by atoms with Crippen LogP contribution in [-0.4, -0.2) is 41.5 Å². The van der Waals surface area contributed by atoms with E-state index in [1.807, 2.05) is 11.8 Å². The average molecular weight is 318 g/mol. The van der Waals surface area contributed by atoms with Crippen molar-refractivity contribution < 1.29 is 4.79 Å². The number of nitrogens with one attached hydrogen (secondary N) is 1. The van der Waals surface area contributed by atoms with Gasteiger partial charge in [-0.05, 0) is 13.8 Å². The standard InChI is InChI=1S/C14H23N3OS.ClH/c1-9-8-15-6-7-17(9)12(18)11-10(2)16-13(19-11)14(3,4)5;/h9,15H,6-8H2,1-5H3;1H/t9-;/m0./s1. The van der Waals surface area contributed by atoms with Gasteiger partial charge in [-0.15, -0.1) is 23.7 Å². The number of rotatable bonds is 1. The first-order chi connectivity index (χ1) is 8.80. The number of nitrogens with zero attached hydrogens (tertiary/aromatic N) is 2. The summed E-state index contributed by atoms with van der Waals surface area (Å²) in [5.74, 6) is 0.138. The van der Waals surface area contributed by atoms with Gasteiger partial charge in [0.2, 0.25) is 0 Å². The molecule has 4 nitrogen and oxygen atoms in total. The van der Waals surface area contributed by atoms with Crippen LogP contribution in [0.2, 0.25) is 0 Å². The molecule has 0 radical (unpaired) electrons. The van der Waals surface area contributed by atoms with Gasteiger partial charge in [-0.25, -0.2) is 4.98 Å². The molecule has 2 rings (SSSR count). The lowest BCUT2D eigenvalue weighted by Crippen LogP contribution is -2.52. The number of thiazole rings is 1. The average Bonchev–Trinajstić information content (AvgIpc) is 2.71. The highest BCUT2D eigenvalue weighted by Gasteiger charge is 2.29. The zero-order valence-electron chi connectivity index (χ0n) is 12.8.